The van der Waals surface area contributed by atoms with Gasteiger partial charge in [-0.15, -0.1) is 0 Å². The number of carbonyl (C=O) groups excluding carboxylic acids is 1. The molecule has 2 nitrogen and oxygen atoms in total. The minimum Gasteiger partial charge on any atom is -0.459 e. The van der Waals surface area contributed by atoms with Crippen LogP contribution in [0.15, 0.2) is 11.6 Å². The molecule has 0 spiro atoms. The first-order valence-electron chi connectivity index (χ1n) is 7.21. The van der Waals surface area contributed by atoms with Gasteiger partial charge in [0.05, 0.1) is 6.42 Å². The molecule has 3 aliphatic rings. The minimum atomic E-state index is -0.247. The molecule has 0 aromatic rings. The summed E-state index contributed by atoms with van der Waals surface area (Å²) < 4.78 is 5.65. The molecule has 0 N–H and O–H groups in total. The first-order chi connectivity index (χ1) is 8.28. The maximum atomic E-state index is 11.7. The Bertz CT molecular complexity index is 434. The number of carbonyl (C=O) groups is 1. The topological polar surface area (TPSA) is 26.3 Å². The third-order valence-electron chi connectivity index (χ3n) is 5.78. The van der Waals surface area contributed by atoms with Crippen LogP contribution in [0, 0.1) is 16.7 Å². The summed E-state index contributed by atoms with van der Waals surface area (Å²) in [5.41, 5.74) is 1.80. The minimum absolute atomic E-state index is 0.00162. The van der Waals surface area contributed by atoms with Crippen LogP contribution in [0.25, 0.3) is 0 Å². The van der Waals surface area contributed by atoms with Gasteiger partial charge in [-0.25, -0.2) is 0 Å². The summed E-state index contributed by atoms with van der Waals surface area (Å²) in [6, 6.07) is 0. The summed E-state index contributed by atoms with van der Waals surface area (Å²) in [6.07, 6.45) is 7.64. The van der Waals surface area contributed by atoms with E-state index < -0.39 is 0 Å². The Morgan fingerprint density at radius 1 is 1.22 bits per heavy atom. The molecule has 0 unspecified atom stereocenters. The van der Waals surface area contributed by atoms with Gasteiger partial charge < -0.3 is 4.74 Å². The second-order valence-corrected chi connectivity index (χ2v) is 7.52. The van der Waals surface area contributed by atoms with Gasteiger partial charge in [0.25, 0.3) is 0 Å². The fourth-order valence-electron chi connectivity index (χ4n) is 4.95. The maximum Gasteiger partial charge on any atom is 0.306 e. The second kappa shape index (κ2) is 3.40. The number of hydrogen-bond acceptors (Lipinski definition) is 2. The van der Waals surface area contributed by atoms with Crippen LogP contribution in [0.4, 0.5) is 0 Å². The van der Waals surface area contributed by atoms with Gasteiger partial charge in [-0.1, -0.05) is 38.8 Å². The lowest BCUT2D eigenvalue weighted by atomic mass is 9.50. The van der Waals surface area contributed by atoms with Crippen LogP contribution in [0.1, 0.15) is 59.8 Å². The van der Waals surface area contributed by atoms with Crippen LogP contribution in [0.2, 0.25) is 0 Å². The van der Waals surface area contributed by atoms with Crippen molar-refractivity contribution in [3.8, 4) is 0 Å². The highest BCUT2D eigenvalue weighted by Gasteiger charge is 2.59. The highest BCUT2D eigenvalue weighted by molar-refractivity contribution is 5.73. The van der Waals surface area contributed by atoms with E-state index in [2.05, 4.69) is 33.8 Å². The zero-order valence-electron chi connectivity index (χ0n) is 12.0. The van der Waals surface area contributed by atoms with E-state index in [-0.39, 0.29) is 17.0 Å². The molecule has 1 saturated heterocycles. The lowest BCUT2D eigenvalue weighted by molar-refractivity contribution is -0.149. The highest BCUT2D eigenvalue weighted by Crippen LogP contribution is 2.62. The molecule has 0 bridgehead atoms. The third kappa shape index (κ3) is 1.44. The smallest absolute Gasteiger partial charge is 0.306 e. The first kappa shape index (κ1) is 12.3. The van der Waals surface area contributed by atoms with Crippen LogP contribution < -0.4 is 0 Å². The first-order valence-corrected chi connectivity index (χ1v) is 7.21. The zero-order chi connectivity index (χ0) is 13.2. The van der Waals surface area contributed by atoms with Crippen molar-refractivity contribution in [2.75, 3.05) is 0 Å². The molecular weight excluding hydrogens is 224 g/mol. The van der Waals surface area contributed by atoms with Crippen molar-refractivity contribution >= 4 is 5.97 Å². The lowest BCUT2D eigenvalue weighted by Gasteiger charge is -2.54. The molecule has 3 atom stereocenters. The molecule has 2 heteroatoms. The third-order valence-corrected chi connectivity index (χ3v) is 5.78. The van der Waals surface area contributed by atoms with Gasteiger partial charge in [-0.2, -0.15) is 0 Å². The average Bonchev–Trinajstić information content (AvgIpc) is 2.53. The molecule has 2 aliphatic carbocycles. The maximum absolute atomic E-state index is 11.7. The Labute approximate surface area is 110 Å². The number of hydrogen-bond donors (Lipinski definition) is 0. The summed E-state index contributed by atoms with van der Waals surface area (Å²) >= 11 is 0. The molecule has 1 aliphatic heterocycles. The number of ether oxygens (including phenoxy) is 1. The van der Waals surface area contributed by atoms with E-state index in [1.54, 1.807) is 5.57 Å². The van der Waals surface area contributed by atoms with Crippen molar-refractivity contribution in [1.29, 1.82) is 0 Å². The Morgan fingerprint density at radius 2 is 1.94 bits per heavy atom. The van der Waals surface area contributed by atoms with Crippen LogP contribution >= 0.6 is 0 Å². The summed E-state index contributed by atoms with van der Waals surface area (Å²) in [7, 11) is 0. The molecule has 0 amide bonds. The van der Waals surface area contributed by atoms with Crippen LogP contribution in [0.5, 0.6) is 0 Å². The van der Waals surface area contributed by atoms with Crippen molar-refractivity contribution < 1.29 is 9.53 Å². The fraction of sp³-hybridized carbons (Fsp3) is 0.812. The van der Waals surface area contributed by atoms with E-state index in [9.17, 15) is 4.79 Å². The van der Waals surface area contributed by atoms with Crippen molar-refractivity contribution in [2.45, 2.75) is 65.4 Å². The van der Waals surface area contributed by atoms with Gasteiger partial charge in [0.2, 0.25) is 0 Å². The van der Waals surface area contributed by atoms with Crippen molar-refractivity contribution in [3.63, 3.8) is 0 Å². The molecule has 100 valence electrons. The number of allylic oxidation sites excluding steroid dienone is 1. The van der Waals surface area contributed by atoms with Gasteiger partial charge >= 0.3 is 5.97 Å². The molecule has 0 aromatic heterocycles. The number of fused-ring (bicyclic) bond motifs is 3. The van der Waals surface area contributed by atoms with Gasteiger partial charge in [0.15, 0.2) is 0 Å². The molecule has 2 fully saturated rings. The summed E-state index contributed by atoms with van der Waals surface area (Å²) in [4.78, 5) is 11.7. The largest absolute Gasteiger partial charge is 0.459 e. The highest BCUT2D eigenvalue weighted by atomic mass is 16.6. The number of rotatable bonds is 0. The Kier molecular flexibility index (Phi) is 2.31. The van der Waals surface area contributed by atoms with E-state index in [1.165, 1.54) is 19.3 Å². The second-order valence-electron chi connectivity index (χ2n) is 7.52. The van der Waals surface area contributed by atoms with Crippen molar-refractivity contribution in [2.24, 2.45) is 16.7 Å². The predicted octanol–water partition coefficient (Wildman–Crippen LogP) is 3.85. The molecular formula is C16H24O2. The molecule has 1 saturated carbocycles. The lowest BCUT2D eigenvalue weighted by Crippen LogP contribution is -2.50. The molecule has 3 rings (SSSR count). The van der Waals surface area contributed by atoms with Gasteiger partial charge in [-0.05, 0) is 30.6 Å². The Morgan fingerprint density at radius 3 is 2.67 bits per heavy atom. The average molecular weight is 248 g/mol. The summed E-state index contributed by atoms with van der Waals surface area (Å²) in [6.45, 7) is 9.21. The van der Waals surface area contributed by atoms with Gasteiger partial charge in [0.1, 0.15) is 5.60 Å². The van der Waals surface area contributed by atoms with E-state index in [0.29, 0.717) is 17.8 Å². The van der Waals surface area contributed by atoms with Crippen molar-refractivity contribution in [3.05, 3.63) is 11.6 Å². The van der Waals surface area contributed by atoms with E-state index in [1.807, 2.05) is 0 Å². The summed E-state index contributed by atoms with van der Waals surface area (Å²) in [5.74, 6) is 0.374. The SMILES string of the molecule is CC1(C)CCC[C@@]2(C)C1=CC[C@@]1(C)OC(=O)C[C@@H]12. The zero-order valence-corrected chi connectivity index (χ0v) is 12.0. The van der Waals surface area contributed by atoms with E-state index in [4.69, 9.17) is 4.74 Å². The summed E-state index contributed by atoms with van der Waals surface area (Å²) in [5, 5.41) is 0. The normalized spacial score (nSPS) is 45.9. The van der Waals surface area contributed by atoms with E-state index >= 15 is 0 Å². The fourth-order valence-corrected chi connectivity index (χ4v) is 4.95. The quantitative estimate of drug-likeness (QED) is 0.481. The van der Waals surface area contributed by atoms with Crippen LogP contribution in [-0.2, 0) is 9.53 Å². The van der Waals surface area contributed by atoms with Crippen molar-refractivity contribution in [1.82, 2.24) is 0 Å². The molecule has 0 radical (unpaired) electrons. The van der Waals surface area contributed by atoms with E-state index in [0.717, 1.165) is 6.42 Å². The van der Waals surface area contributed by atoms with Crippen LogP contribution in [-0.4, -0.2) is 11.6 Å². The van der Waals surface area contributed by atoms with Crippen LogP contribution in [0.3, 0.4) is 0 Å². The van der Waals surface area contributed by atoms with Gasteiger partial charge in [0, 0.05) is 12.3 Å². The Hall–Kier alpha value is -0.790. The standard InChI is InChI=1S/C16H24O2/c1-14(2)7-5-8-15(3)11(14)6-9-16(4)12(15)10-13(17)18-16/h6,12H,5,7-10H2,1-4H3/t12-,15+,16-/m1/s1. The molecule has 0 aromatic carbocycles. The monoisotopic (exact) mass is 248 g/mol. The predicted molar refractivity (Wildman–Crippen MR) is 71.0 cm³/mol. The Balaban J connectivity index is 2.08. The molecule has 1 heterocycles. The molecule has 18 heavy (non-hydrogen) atoms. The number of esters is 1. The van der Waals surface area contributed by atoms with Gasteiger partial charge in [-0.3, -0.25) is 4.79 Å².